The van der Waals surface area contributed by atoms with E-state index in [0.29, 0.717) is 23.8 Å². The normalized spacial score (nSPS) is 11.2. The van der Waals surface area contributed by atoms with Gasteiger partial charge >= 0.3 is 0 Å². The predicted molar refractivity (Wildman–Crippen MR) is 138 cm³/mol. The number of aromatic nitrogens is 2. The molecule has 3 aromatic carbocycles. The SMILES string of the molecule is COc1ccc(C(C)=NNC(=O)CCn2cnc(-c3ccccc3)c2-c2ccccc2)cc1OC. The molecule has 7 nitrogen and oxygen atoms in total. The van der Waals surface area contributed by atoms with Crippen molar-refractivity contribution in [2.45, 2.75) is 19.9 Å². The van der Waals surface area contributed by atoms with Crippen LogP contribution in [0.25, 0.3) is 22.5 Å². The second kappa shape index (κ2) is 11.2. The Morgan fingerprint density at radius 3 is 2.23 bits per heavy atom. The zero-order valence-corrected chi connectivity index (χ0v) is 20.1. The molecule has 0 saturated heterocycles. The van der Waals surface area contributed by atoms with Crippen molar-refractivity contribution in [1.82, 2.24) is 15.0 Å². The molecule has 35 heavy (non-hydrogen) atoms. The van der Waals surface area contributed by atoms with E-state index in [0.717, 1.165) is 28.1 Å². The van der Waals surface area contributed by atoms with Gasteiger partial charge in [0.25, 0.3) is 0 Å². The monoisotopic (exact) mass is 468 g/mol. The summed E-state index contributed by atoms with van der Waals surface area (Å²) in [7, 11) is 3.17. The van der Waals surface area contributed by atoms with Crippen LogP contribution >= 0.6 is 0 Å². The largest absolute Gasteiger partial charge is 0.493 e. The molecule has 1 aromatic heterocycles. The van der Waals surface area contributed by atoms with Crippen molar-refractivity contribution in [3.63, 3.8) is 0 Å². The molecule has 0 aliphatic heterocycles. The number of ether oxygens (including phenoxy) is 2. The van der Waals surface area contributed by atoms with E-state index in [1.807, 2.05) is 78.2 Å². The van der Waals surface area contributed by atoms with E-state index in [4.69, 9.17) is 9.47 Å². The molecule has 0 bridgehead atoms. The molecule has 0 unspecified atom stereocenters. The quantitative estimate of drug-likeness (QED) is 0.272. The molecule has 178 valence electrons. The number of hydrogen-bond acceptors (Lipinski definition) is 5. The van der Waals surface area contributed by atoms with E-state index >= 15 is 0 Å². The second-order valence-corrected chi connectivity index (χ2v) is 7.92. The number of hydrazone groups is 1. The Bertz CT molecular complexity index is 1310. The number of aryl methyl sites for hydroxylation is 1. The number of rotatable bonds is 9. The minimum atomic E-state index is -0.182. The van der Waals surface area contributed by atoms with Crippen LogP contribution in [0.2, 0.25) is 0 Å². The van der Waals surface area contributed by atoms with Gasteiger partial charge in [-0.15, -0.1) is 0 Å². The Morgan fingerprint density at radius 2 is 1.57 bits per heavy atom. The van der Waals surface area contributed by atoms with Gasteiger partial charge in [0, 0.05) is 29.7 Å². The standard InChI is InChI=1S/C28H28N4O3/c1-20(23-14-15-24(34-2)25(18-23)35-3)30-31-26(33)16-17-32-19-29-27(21-10-6-4-7-11-21)28(32)22-12-8-5-9-13-22/h4-15,18-19H,16-17H2,1-3H3,(H,31,33). The number of nitrogens with zero attached hydrogens (tertiary/aromatic N) is 3. The molecule has 0 spiro atoms. The first-order valence-electron chi connectivity index (χ1n) is 11.3. The van der Waals surface area contributed by atoms with Crippen LogP contribution in [0.1, 0.15) is 18.9 Å². The summed E-state index contributed by atoms with van der Waals surface area (Å²) in [6.45, 7) is 2.30. The molecule has 4 rings (SSSR count). The smallest absolute Gasteiger partial charge is 0.241 e. The summed E-state index contributed by atoms with van der Waals surface area (Å²) < 4.78 is 12.6. The van der Waals surface area contributed by atoms with Crippen LogP contribution in [0.3, 0.4) is 0 Å². The molecule has 1 amide bonds. The van der Waals surface area contributed by atoms with Gasteiger partial charge in [0.1, 0.15) is 0 Å². The van der Waals surface area contributed by atoms with Gasteiger partial charge in [-0.1, -0.05) is 60.7 Å². The zero-order chi connectivity index (χ0) is 24.6. The molecule has 0 aliphatic carbocycles. The number of amides is 1. The maximum atomic E-state index is 12.6. The van der Waals surface area contributed by atoms with Crippen LogP contribution < -0.4 is 14.9 Å². The summed E-state index contributed by atoms with van der Waals surface area (Å²) in [4.78, 5) is 17.3. The third-order valence-corrected chi connectivity index (χ3v) is 5.66. The van der Waals surface area contributed by atoms with Crippen LogP contribution in [0.4, 0.5) is 0 Å². The first kappa shape index (κ1) is 23.8. The van der Waals surface area contributed by atoms with Gasteiger partial charge in [0.15, 0.2) is 11.5 Å². The lowest BCUT2D eigenvalue weighted by atomic mass is 10.0. The molecule has 0 atom stereocenters. The van der Waals surface area contributed by atoms with Crippen LogP contribution in [0, 0.1) is 0 Å². The summed E-state index contributed by atoms with van der Waals surface area (Å²) in [5, 5.41) is 4.27. The average Bonchev–Trinajstić information content (AvgIpc) is 3.35. The predicted octanol–water partition coefficient (Wildman–Crippen LogP) is 5.16. The highest BCUT2D eigenvalue weighted by molar-refractivity contribution is 5.99. The van der Waals surface area contributed by atoms with E-state index in [1.165, 1.54) is 0 Å². The van der Waals surface area contributed by atoms with Gasteiger partial charge in [0.2, 0.25) is 5.91 Å². The molecule has 4 aromatic rings. The second-order valence-electron chi connectivity index (χ2n) is 7.92. The number of carbonyl (C=O) groups excluding carboxylic acids is 1. The van der Waals surface area contributed by atoms with Gasteiger partial charge in [-0.2, -0.15) is 5.10 Å². The minimum absolute atomic E-state index is 0.182. The highest BCUT2D eigenvalue weighted by Gasteiger charge is 2.15. The summed E-state index contributed by atoms with van der Waals surface area (Å²) >= 11 is 0. The van der Waals surface area contributed by atoms with Crippen molar-refractivity contribution in [3.8, 4) is 34.0 Å². The van der Waals surface area contributed by atoms with Gasteiger partial charge in [0.05, 0.1) is 37.6 Å². The topological polar surface area (TPSA) is 77.7 Å². The Kier molecular flexibility index (Phi) is 7.57. The number of nitrogens with one attached hydrogen (secondary N) is 1. The first-order valence-corrected chi connectivity index (χ1v) is 11.3. The average molecular weight is 469 g/mol. The molecule has 0 fully saturated rings. The summed E-state index contributed by atoms with van der Waals surface area (Å²) in [5.41, 5.74) is 8.10. The number of methoxy groups -OCH3 is 2. The summed E-state index contributed by atoms with van der Waals surface area (Å²) in [6, 6.07) is 25.6. The van der Waals surface area contributed by atoms with Crippen LogP contribution in [-0.4, -0.2) is 35.4 Å². The zero-order valence-electron chi connectivity index (χ0n) is 20.1. The molecule has 0 aliphatic rings. The Morgan fingerprint density at radius 1 is 0.914 bits per heavy atom. The van der Waals surface area contributed by atoms with Crippen molar-refractivity contribution in [2.75, 3.05) is 14.2 Å². The third-order valence-electron chi connectivity index (χ3n) is 5.66. The molecular formula is C28H28N4O3. The lowest BCUT2D eigenvalue weighted by molar-refractivity contribution is -0.121. The fourth-order valence-corrected chi connectivity index (χ4v) is 3.81. The number of carbonyl (C=O) groups is 1. The molecule has 1 N–H and O–H groups in total. The fourth-order valence-electron chi connectivity index (χ4n) is 3.81. The Hall–Kier alpha value is -4.39. The molecule has 0 radical (unpaired) electrons. The number of hydrogen-bond donors (Lipinski definition) is 1. The van der Waals surface area contributed by atoms with E-state index in [9.17, 15) is 4.79 Å². The Balaban J connectivity index is 1.48. The molecule has 7 heteroatoms. The molecule has 0 saturated carbocycles. The van der Waals surface area contributed by atoms with Gasteiger partial charge in [-0.05, 0) is 25.1 Å². The van der Waals surface area contributed by atoms with Crippen LogP contribution in [0.15, 0.2) is 90.3 Å². The van der Waals surface area contributed by atoms with E-state index in [1.54, 1.807) is 20.5 Å². The van der Waals surface area contributed by atoms with Crippen molar-refractivity contribution in [3.05, 3.63) is 90.8 Å². The number of benzene rings is 3. The number of imidazole rings is 1. The highest BCUT2D eigenvalue weighted by Crippen LogP contribution is 2.31. The summed E-state index contributed by atoms with van der Waals surface area (Å²) in [5.74, 6) is 1.06. The maximum absolute atomic E-state index is 12.6. The molecule has 1 heterocycles. The fraction of sp³-hybridized carbons (Fsp3) is 0.179. The van der Waals surface area contributed by atoms with E-state index < -0.39 is 0 Å². The van der Waals surface area contributed by atoms with Crippen molar-refractivity contribution in [1.29, 1.82) is 0 Å². The lowest BCUT2D eigenvalue weighted by Gasteiger charge is -2.11. The van der Waals surface area contributed by atoms with Crippen LogP contribution in [-0.2, 0) is 11.3 Å². The first-order chi connectivity index (χ1) is 17.1. The Labute approximate surface area is 205 Å². The van der Waals surface area contributed by atoms with Crippen molar-refractivity contribution in [2.24, 2.45) is 5.10 Å². The van der Waals surface area contributed by atoms with Gasteiger partial charge < -0.3 is 14.0 Å². The van der Waals surface area contributed by atoms with E-state index in [2.05, 4.69) is 27.6 Å². The van der Waals surface area contributed by atoms with Crippen molar-refractivity contribution < 1.29 is 14.3 Å². The molecular weight excluding hydrogens is 440 g/mol. The lowest BCUT2D eigenvalue weighted by Crippen LogP contribution is -2.21. The van der Waals surface area contributed by atoms with Crippen LogP contribution in [0.5, 0.6) is 11.5 Å². The van der Waals surface area contributed by atoms with E-state index in [-0.39, 0.29) is 12.3 Å². The van der Waals surface area contributed by atoms with Crippen molar-refractivity contribution >= 4 is 11.6 Å². The maximum Gasteiger partial charge on any atom is 0.241 e. The minimum Gasteiger partial charge on any atom is -0.493 e. The summed E-state index contributed by atoms with van der Waals surface area (Å²) in [6.07, 6.45) is 2.04. The van der Waals surface area contributed by atoms with Gasteiger partial charge in [-0.3, -0.25) is 4.79 Å². The van der Waals surface area contributed by atoms with Gasteiger partial charge in [-0.25, -0.2) is 10.4 Å². The third kappa shape index (κ3) is 5.58. The highest BCUT2D eigenvalue weighted by atomic mass is 16.5.